The van der Waals surface area contributed by atoms with Crippen molar-refractivity contribution in [2.45, 2.75) is 19.9 Å². The van der Waals surface area contributed by atoms with Gasteiger partial charge in [-0.2, -0.15) is 0 Å². The van der Waals surface area contributed by atoms with Gasteiger partial charge in [-0.05, 0) is 37.6 Å². The molecule has 1 unspecified atom stereocenters. The lowest BCUT2D eigenvalue weighted by atomic mass is 10.1. The van der Waals surface area contributed by atoms with E-state index in [0.29, 0.717) is 17.0 Å². The highest BCUT2D eigenvalue weighted by molar-refractivity contribution is 5.87. The summed E-state index contributed by atoms with van der Waals surface area (Å²) in [7, 11) is 1.75. The van der Waals surface area contributed by atoms with Gasteiger partial charge in [0, 0.05) is 49.0 Å². The summed E-state index contributed by atoms with van der Waals surface area (Å²) >= 11 is 0. The molecule has 1 fully saturated rings. The normalized spacial score (nSPS) is 17.1. The van der Waals surface area contributed by atoms with Gasteiger partial charge in [0.25, 0.3) is 5.56 Å². The molecule has 2 aromatic heterocycles. The van der Waals surface area contributed by atoms with Crippen LogP contribution in [-0.2, 0) is 18.3 Å². The molecule has 1 atom stereocenters. The van der Waals surface area contributed by atoms with Gasteiger partial charge in [-0.3, -0.25) is 9.59 Å². The Morgan fingerprint density at radius 2 is 2.19 bits per heavy atom. The van der Waals surface area contributed by atoms with Gasteiger partial charge in [0.1, 0.15) is 12.1 Å². The predicted octanol–water partition coefficient (Wildman–Crippen LogP) is 2.56. The third-order valence-electron chi connectivity index (χ3n) is 4.99. The van der Waals surface area contributed by atoms with E-state index in [2.05, 4.69) is 4.57 Å². The highest BCUT2D eigenvalue weighted by Crippen LogP contribution is 2.28. The van der Waals surface area contributed by atoms with Crippen LogP contribution in [0.15, 0.2) is 35.3 Å². The Hall–Kier alpha value is -2.73. The number of carbonyl (C=O) groups excluding carboxylic acids is 1. The van der Waals surface area contributed by atoms with Crippen molar-refractivity contribution in [3.05, 3.63) is 51.9 Å². The SMILES string of the molecule is Cc1cc(-c2nc3cc(C=O)ccc3n2CC2CCOC2)cn(C)c1=O. The first kappa shape index (κ1) is 16.7. The van der Waals surface area contributed by atoms with Crippen LogP contribution in [0, 0.1) is 12.8 Å². The Balaban J connectivity index is 1.91. The van der Waals surface area contributed by atoms with Crippen molar-refractivity contribution in [3.8, 4) is 11.4 Å². The van der Waals surface area contributed by atoms with Crippen LogP contribution in [-0.4, -0.2) is 33.6 Å². The molecule has 26 heavy (non-hydrogen) atoms. The molecule has 0 amide bonds. The van der Waals surface area contributed by atoms with E-state index in [-0.39, 0.29) is 5.56 Å². The van der Waals surface area contributed by atoms with Crippen LogP contribution >= 0.6 is 0 Å². The van der Waals surface area contributed by atoms with Crippen LogP contribution in [0.25, 0.3) is 22.4 Å². The van der Waals surface area contributed by atoms with Crippen molar-refractivity contribution in [3.63, 3.8) is 0 Å². The molecule has 134 valence electrons. The maximum absolute atomic E-state index is 12.1. The van der Waals surface area contributed by atoms with Gasteiger partial charge in [0.2, 0.25) is 0 Å². The third kappa shape index (κ3) is 2.86. The summed E-state index contributed by atoms with van der Waals surface area (Å²) in [5.74, 6) is 1.25. The molecule has 1 aromatic carbocycles. The number of benzene rings is 1. The zero-order valence-corrected chi connectivity index (χ0v) is 14.9. The van der Waals surface area contributed by atoms with Gasteiger partial charge in [0.05, 0.1) is 17.6 Å². The Morgan fingerprint density at radius 1 is 1.35 bits per heavy atom. The quantitative estimate of drug-likeness (QED) is 0.678. The highest BCUT2D eigenvalue weighted by atomic mass is 16.5. The molecule has 3 heterocycles. The Kier molecular flexibility index (Phi) is 4.20. The van der Waals surface area contributed by atoms with E-state index in [9.17, 15) is 9.59 Å². The lowest BCUT2D eigenvalue weighted by Crippen LogP contribution is -2.19. The van der Waals surface area contributed by atoms with Crippen molar-refractivity contribution in [1.29, 1.82) is 0 Å². The monoisotopic (exact) mass is 351 g/mol. The van der Waals surface area contributed by atoms with Crippen molar-refractivity contribution < 1.29 is 9.53 Å². The number of carbonyl (C=O) groups is 1. The molecule has 6 nitrogen and oxygen atoms in total. The zero-order chi connectivity index (χ0) is 18.3. The molecule has 0 radical (unpaired) electrons. The Labute approximate surface area is 151 Å². The molecule has 3 aromatic rings. The fourth-order valence-electron chi connectivity index (χ4n) is 3.61. The number of aldehydes is 1. The van der Waals surface area contributed by atoms with Gasteiger partial charge >= 0.3 is 0 Å². The fourth-order valence-corrected chi connectivity index (χ4v) is 3.61. The van der Waals surface area contributed by atoms with E-state index < -0.39 is 0 Å². The fraction of sp³-hybridized carbons (Fsp3) is 0.350. The Bertz CT molecular complexity index is 1020. The largest absolute Gasteiger partial charge is 0.381 e. The number of ether oxygens (including phenoxy) is 1. The highest BCUT2D eigenvalue weighted by Gasteiger charge is 2.21. The number of pyridine rings is 1. The minimum absolute atomic E-state index is 0.0103. The summed E-state index contributed by atoms with van der Waals surface area (Å²) in [6.45, 7) is 4.15. The van der Waals surface area contributed by atoms with E-state index in [4.69, 9.17) is 9.72 Å². The average Bonchev–Trinajstić information content (AvgIpc) is 3.27. The first-order valence-electron chi connectivity index (χ1n) is 8.77. The van der Waals surface area contributed by atoms with Gasteiger partial charge in [0.15, 0.2) is 0 Å². The van der Waals surface area contributed by atoms with Crippen molar-refractivity contribution in [1.82, 2.24) is 14.1 Å². The molecule has 1 aliphatic heterocycles. The van der Waals surface area contributed by atoms with Gasteiger partial charge in [-0.1, -0.05) is 0 Å². The number of aromatic nitrogens is 3. The lowest BCUT2D eigenvalue weighted by molar-refractivity contribution is 0.112. The van der Waals surface area contributed by atoms with Gasteiger partial charge in [-0.15, -0.1) is 0 Å². The summed E-state index contributed by atoms with van der Waals surface area (Å²) in [6, 6.07) is 7.45. The van der Waals surface area contributed by atoms with Crippen molar-refractivity contribution in [2.24, 2.45) is 13.0 Å². The van der Waals surface area contributed by atoms with E-state index in [1.807, 2.05) is 37.4 Å². The van der Waals surface area contributed by atoms with Gasteiger partial charge < -0.3 is 13.9 Å². The number of hydrogen-bond donors (Lipinski definition) is 0. The van der Waals surface area contributed by atoms with Crippen LogP contribution in [0.4, 0.5) is 0 Å². The topological polar surface area (TPSA) is 66.1 Å². The lowest BCUT2D eigenvalue weighted by Gasteiger charge is -2.14. The summed E-state index contributed by atoms with van der Waals surface area (Å²) in [6.07, 6.45) is 3.68. The Morgan fingerprint density at radius 3 is 2.88 bits per heavy atom. The number of fused-ring (bicyclic) bond motifs is 1. The molecule has 0 N–H and O–H groups in total. The maximum atomic E-state index is 12.1. The maximum Gasteiger partial charge on any atom is 0.253 e. The van der Waals surface area contributed by atoms with E-state index in [1.54, 1.807) is 11.6 Å². The first-order chi connectivity index (χ1) is 12.6. The molecular weight excluding hydrogens is 330 g/mol. The summed E-state index contributed by atoms with van der Waals surface area (Å²) in [5, 5.41) is 0. The summed E-state index contributed by atoms with van der Waals surface area (Å²) in [4.78, 5) is 28.0. The first-order valence-corrected chi connectivity index (χ1v) is 8.77. The molecule has 6 heteroatoms. The molecule has 0 spiro atoms. The van der Waals surface area contributed by atoms with Crippen LogP contribution in [0.2, 0.25) is 0 Å². The second-order valence-electron chi connectivity index (χ2n) is 6.97. The number of nitrogens with zero attached hydrogens (tertiary/aromatic N) is 3. The predicted molar refractivity (Wildman–Crippen MR) is 99.5 cm³/mol. The molecule has 0 saturated carbocycles. The molecule has 0 aliphatic carbocycles. The van der Waals surface area contributed by atoms with Crippen molar-refractivity contribution in [2.75, 3.05) is 13.2 Å². The van der Waals surface area contributed by atoms with Crippen LogP contribution < -0.4 is 5.56 Å². The molecule has 1 saturated heterocycles. The number of rotatable bonds is 4. The average molecular weight is 351 g/mol. The second kappa shape index (κ2) is 6.53. The molecule has 0 bridgehead atoms. The molecule has 4 rings (SSSR count). The second-order valence-corrected chi connectivity index (χ2v) is 6.97. The minimum atomic E-state index is -0.0103. The van der Waals surface area contributed by atoms with E-state index in [1.165, 1.54) is 0 Å². The standard InChI is InChI=1S/C20H21N3O3/c1-13-7-16(10-22(2)20(13)25)19-21-17-8-14(11-24)3-4-18(17)23(19)9-15-5-6-26-12-15/h3-4,7-8,10-11,15H,5-6,9,12H2,1-2H3. The van der Waals surface area contributed by atoms with Gasteiger partial charge in [-0.25, -0.2) is 4.98 Å². The number of hydrogen-bond acceptors (Lipinski definition) is 4. The van der Waals surface area contributed by atoms with E-state index >= 15 is 0 Å². The van der Waals surface area contributed by atoms with Crippen LogP contribution in [0.3, 0.4) is 0 Å². The molecule has 1 aliphatic rings. The zero-order valence-electron chi connectivity index (χ0n) is 14.9. The number of imidazole rings is 1. The van der Waals surface area contributed by atoms with Crippen molar-refractivity contribution >= 4 is 17.3 Å². The van der Waals surface area contributed by atoms with Crippen LogP contribution in [0.1, 0.15) is 22.3 Å². The van der Waals surface area contributed by atoms with Crippen LogP contribution in [0.5, 0.6) is 0 Å². The third-order valence-corrected chi connectivity index (χ3v) is 4.99. The summed E-state index contributed by atoms with van der Waals surface area (Å²) in [5.41, 5.74) is 3.95. The summed E-state index contributed by atoms with van der Waals surface area (Å²) < 4.78 is 9.30. The van der Waals surface area contributed by atoms with E-state index in [0.717, 1.165) is 54.9 Å². The minimum Gasteiger partial charge on any atom is -0.381 e. The number of aryl methyl sites for hydroxylation is 2. The smallest absolute Gasteiger partial charge is 0.253 e. The molecular formula is C20H21N3O3.